The molecule has 1 N–H and O–H groups in total. The van der Waals surface area contributed by atoms with Crippen LogP contribution in [0.5, 0.6) is 0 Å². The molecule has 0 heterocycles. The zero-order valence-corrected chi connectivity index (χ0v) is 25.0. The molecule has 0 saturated heterocycles. The third-order valence-electron chi connectivity index (χ3n) is 5.96. The zero-order chi connectivity index (χ0) is 29.7. The Bertz CT molecular complexity index is 1450. The predicted octanol–water partition coefficient (Wildman–Crippen LogP) is 6.05. The standard InChI is InChI=1S/C29H32Cl2FN3O4S/c1-5-26(28(37)33-29(2,3)4)34(18-20-11-12-21(30)17-25(20)31)27(36)19-35(23-15-13-22(32)14-16-23)40(38,39)24-9-7-6-8-10-24/h6-17,26H,5,18-19H2,1-4H3,(H,33,37)/t26-/m1/s1. The van der Waals surface area contributed by atoms with Crippen LogP contribution in [0.15, 0.2) is 77.7 Å². The minimum atomic E-state index is -4.24. The lowest BCUT2D eigenvalue weighted by molar-refractivity contribution is -0.141. The minimum absolute atomic E-state index is 0.0445. The van der Waals surface area contributed by atoms with Crippen molar-refractivity contribution in [2.75, 3.05) is 10.8 Å². The number of nitrogens with zero attached hydrogens (tertiary/aromatic N) is 2. The molecule has 214 valence electrons. The van der Waals surface area contributed by atoms with Gasteiger partial charge in [-0.25, -0.2) is 12.8 Å². The second-order valence-electron chi connectivity index (χ2n) is 10.2. The molecule has 3 aromatic carbocycles. The van der Waals surface area contributed by atoms with Crippen molar-refractivity contribution in [1.29, 1.82) is 0 Å². The summed E-state index contributed by atoms with van der Waals surface area (Å²) < 4.78 is 42.1. The summed E-state index contributed by atoms with van der Waals surface area (Å²) in [5, 5.41) is 3.60. The summed E-state index contributed by atoms with van der Waals surface area (Å²) in [6.45, 7) is 6.50. The summed E-state index contributed by atoms with van der Waals surface area (Å²) in [6.07, 6.45) is 0.251. The number of carbonyl (C=O) groups excluding carboxylic acids is 2. The van der Waals surface area contributed by atoms with Crippen LogP contribution in [0, 0.1) is 5.82 Å². The molecule has 3 rings (SSSR count). The number of nitrogens with one attached hydrogen (secondary N) is 1. The molecule has 11 heteroatoms. The molecular weight excluding hydrogens is 576 g/mol. The van der Waals surface area contributed by atoms with E-state index in [4.69, 9.17) is 23.2 Å². The second-order valence-corrected chi connectivity index (χ2v) is 12.9. The van der Waals surface area contributed by atoms with Crippen LogP contribution in [0.1, 0.15) is 39.7 Å². The number of halogens is 3. The van der Waals surface area contributed by atoms with Crippen molar-refractivity contribution < 1.29 is 22.4 Å². The van der Waals surface area contributed by atoms with E-state index >= 15 is 0 Å². The molecule has 3 aromatic rings. The highest BCUT2D eigenvalue weighted by Crippen LogP contribution is 2.27. The van der Waals surface area contributed by atoms with E-state index in [2.05, 4.69) is 5.32 Å². The van der Waals surface area contributed by atoms with Crippen LogP contribution >= 0.6 is 23.2 Å². The van der Waals surface area contributed by atoms with Gasteiger partial charge in [-0.3, -0.25) is 13.9 Å². The van der Waals surface area contributed by atoms with Crippen LogP contribution in [0.4, 0.5) is 10.1 Å². The number of hydrogen-bond donors (Lipinski definition) is 1. The molecule has 7 nitrogen and oxygen atoms in total. The number of sulfonamides is 1. The lowest BCUT2D eigenvalue weighted by Gasteiger charge is -2.35. The van der Waals surface area contributed by atoms with Crippen molar-refractivity contribution in [1.82, 2.24) is 10.2 Å². The van der Waals surface area contributed by atoms with Crippen molar-refractivity contribution >= 4 is 50.7 Å². The maximum Gasteiger partial charge on any atom is 0.264 e. The van der Waals surface area contributed by atoms with E-state index in [-0.39, 0.29) is 23.5 Å². The zero-order valence-electron chi connectivity index (χ0n) is 22.7. The van der Waals surface area contributed by atoms with E-state index in [9.17, 15) is 22.4 Å². The third-order valence-corrected chi connectivity index (χ3v) is 8.34. The quantitative estimate of drug-likeness (QED) is 0.304. The highest BCUT2D eigenvalue weighted by molar-refractivity contribution is 7.92. The van der Waals surface area contributed by atoms with Crippen LogP contribution in [0.3, 0.4) is 0 Å². The predicted molar refractivity (Wildman–Crippen MR) is 156 cm³/mol. The van der Waals surface area contributed by atoms with Crippen LogP contribution in [-0.2, 0) is 26.2 Å². The van der Waals surface area contributed by atoms with Gasteiger partial charge < -0.3 is 10.2 Å². The van der Waals surface area contributed by atoms with Gasteiger partial charge in [-0.2, -0.15) is 0 Å². The summed E-state index contributed by atoms with van der Waals surface area (Å²) in [4.78, 5) is 28.6. The highest BCUT2D eigenvalue weighted by atomic mass is 35.5. The topological polar surface area (TPSA) is 86.8 Å². The van der Waals surface area contributed by atoms with Crippen molar-refractivity contribution in [2.24, 2.45) is 0 Å². The molecule has 1 atom stereocenters. The Hall–Kier alpha value is -3.14. The first-order chi connectivity index (χ1) is 18.7. The van der Waals surface area contributed by atoms with Gasteiger partial charge in [0.25, 0.3) is 10.0 Å². The van der Waals surface area contributed by atoms with Gasteiger partial charge in [0.05, 0.1) is 10.6 Å². The number of amides is 2. The molecule has 0 spiro atoms. The van der Waals surface area contributed by atoms with E-state index in [0.717, 1.165) is 16.4 Å². The van der Waals surface area contributed by atoms with Crippen LogP contribution < -0.4 is 9.62 Å². The Kier molecular flexibility index (Phi) is 10.2. The first kappa shape index (κ1) is 31.4. The van der Waals surface area contributed by atoms with Crippen LogP contribution in [-0.4, -0.2) is 43.3 Å². The number of benzene rings is 3. The number of rotatable bonds is 10. The molecule has 0 saturated carbocycles. The number of carbonyl (C=O) groups is 2. The summed E-state index contributed by atoms with van der Waals surface area (Å²) in [5.74, 6) is -1.60. The van der Waals surface area contributed by atoms with Crippen LogP contribution in [0.2, 0.25) is 10.0 Å². The van der Waals surface area contributed by atoms with Gasteiger partial charge in [-0.15, -0.1) is 0 Å². The third kappa shape index (κ3) is 7.96. The first-order valence-corrected chi connectivity index (χ1v) is 14.8. The van der Waals surface area contributed by atoms with Crippen molar-refractivity contribution in [3.8, 4) is 0 Å². The van der Waals surface area contributed by atoms with Crippen LogP contribution in [0.25, 0.3) is 0 Å². The van der Waals surface area contributed by atoms with E-state index < -0.39 is 45.8 Å². The van der Waals surface area contributed by atoms with Crippen molar-refractivity contribution in [3.05, 3.63) is 94.2 Å². The summed E-state index contributed by atoms with van der Waals surface area (Å²) in [7, 11) is -4.24. The van der Waals surface area contributed by atoms with Gasteiger partial charge >= 0.3 is 0 Å². The van der Waals surface area contributed by atoms with Crippen molar-refractivity contribution in [3.63, 3.8) is 0 Å². The molecule has 0 unspecified atom stereocenters. The maximum absolute atomic E-state index is 14.0. The fraction of sp³-hybridized carbons (Fsp3) is 0.310. The number of hydrogen-bond acceptors (Lipinski definition) is 4. The fourth-order valence-corrected chi connectivity index (χ4v) is 5.97. The summed E-state index contributed by atoms with van der Waals surface area (Å²) in [6, 6.07) is 16.3. The molecule has 2 amide bonds. The molecule has 0 bridgehead atoms. The van der Waals surface area contributed by atoms with Gasteiger partial charge in [0.2, 0.25) is 11.8 Å². The molecule has 0 aliphatic carbocycles. The van der Waals surface area contributed by atoms with E-state index in [1.165, 1.54) is 35.2 Å². The van der Waals surface area contributed by atoms with Gasteiger partial charge in [-0.05, 0) is 81.3 Å². The maximum atomic E-state index is 14.0. The average Bonchev–Trinajstić information content (AvgIpc) is 2.88. The molecule has 0 radical (unpaired) electrons. The van der Waals surface area contributed by atoms with Gasteiger partial charge in [0.15, 0.2) is 0 Å². The molecule has 0 aliphatic rings. The Morgan fingerprint density at radius 3 is 2.15 bits per heavy atom. The fourth-order valence-electron chi connectivity index (χ4n) is 4.06. The molecule has 0 fully saturated rings. The lowest BCUT2D eigenvalue weighted by Crippen LogP contribution is -2.55. The minimum Gasteiger partial charge on any atom is -0.350 e. The van der Waals surface area contributed by atoms with Gasteiger partial charge in [-0.1, -0.05) is 54.4 Å². The average molecular weight is 609 g/mol. The van der Waals surface area contributed by atoms with Gasteiger partial charge in [0.1, 0.15) is 18.4 Å². The highest BCUT2D eigenvalue weighted by Gasteiger charge is 2.34. The van der Waals surface area contributed by atoms with E-state index in [0.29, 0.717) is 15.6 Å². The Balaban J connectivity index is 2.08. The molecule has 0 aromatic heterocycles. The summed E-state index contributed by atoms with van der Waals surface area (Å²) >= 11 is 12.5. The molecule has 40 heavy (non-hydrogen) atoms. The Morgan fingerprint density at radius 1 is 0.975 bits per heavy atom. The summed E-state index contributed by atoms with van der Waals surface area (Å²) in [5.41, 5.74) is 0.0458. The lowest BCUT2D eigenvalue weighted by atomic mass is 10.1. The smallest absolute Gasteiger partial charge is 0.264 e. The SMILES string of the molecule is CC[C@H](C(=O)NC(C)(C)C)N(Cc1ccc(Cl)cc1Cl)C(=O)CN(c1ccc(F)cc1)S(=O)(=O)c1ccccc1. The van der Waals surface area contributed by atoms with Crippen molar-refractivity contribution in [2.45, 2.75) is 57.1 Å². The largest absolute Gasteiger partial charge is 0.350 e. The second kappa shape index (κ2) is 13.0. The number of anilines is 1. The Morgan fingerprint density at radius 2 is 1.60 bits per heavy atom. The van der Waals surface area contributed by atoms with E-state index in [1.807, 2.05) is 20.8 Å². The monoisotopic (exact) mass is 607 g/mol. The van der Waals surface area contributed by atoms with Gasteiger partial charge in [0, 0.05) is 22.1 Å². The Labute approximate surface area is 244 Å². The van der Waals surface area contributed by atoms with E-state index in [1.54, 1.807) is 37.3 Å². The first-order valence-electron chi connectivity index (χ1n) is 12.6. The molecule has 0 aliphatic heterocycles. The normalized spacial score (nSPS) is 12.5. The molecular formula is C29H32Cl2FN3O4S.